The predicted octanol–water partition coefficient (Wildman–Crippen LogP) is 3.61. The van der Waals surface area contributed by atoms with Crippen molar-refractivity contribution >= 4 is 12.9 Å². The predicted molar refractivity (Wildman–Crippen MR) is 41.3 cm³/mol. The van der Waals surface area contributed by atoms with Crippen LogP contribution in [0.4, 0.5) is 27.3 Å². The molecule has 1 aromatic rings. The van der Waals surface area contributed by atoms with Gasteiger partial charge in [-0.3, -0.25) is 0 Å². The molecule has 0 amide bonds. The van der Waals surface area contributed by atoms with Gasteiger partial charge in [0.05, 0.1) is 0 Å². The van der Waals surface area contributed by atoms with Crippen LogP contribution in [-0.4, -0.2) is 7.25 Å². The number of rotatable bonds is 0. The molecule has 0 radical (unpaired) electrons. The first-order chi connectivity index (χ1) is 6.33. The molecule has 2 nitrogen and oxygen atoms in total. The van der Waals surface area contributed by atoms with Crippen LogP contribution >= 0.6 is 0 Å². The van der Waals surface area contributed by atoms with Crippen LogP contribution in [0.3, 0.4) is 0 Å². The van der Waals surface area contributed by atoms with Gasteiger partial charge in [0.25, 0.3) is 0 Å². The molecule has 0 fully saturated rings. The standard InChI is InChI=1S/C6H4FN2.BF4/c7-5-1-3-6(9-8)4-2-5;2-1(3,4)5/h1-4H;/q+1;-1. The molecule has 1 rings (SSSR count). The van der Waals surface area contributed by atoms with Gasteiger partial charge in [-0.05, 0) is 12.1 Å². The fraction of sp³-hybridized carbons (Fsp3) is 0. The minimum absolute atomic E-state index is 0.331. The summed E-state index contributed by atoms with van der Waals surface area (Å²) < 4.78 is 51.1. The van der Waals surface area contributed by atoms with Crippen LogP contribution in [-0.2, 0) is 0 Å². The van der Waals surface area contributed by atoms with E-state index >= 15 is 0 Å². The molecule has 1 aromatic carbocycles. The van der Waals surface area contributed by atoms with E-state index < -0.39 is 7.25 Å². The molecule has 0 aliphatic carbocycles. The SMILES string of the molecule is F[B-](F)(F)F.N#[N+]c1ccc(F)cc1. The van der Waals surface area contributed by atoms with Crippen LogP contribution < -0.4 is 0 Å². The number of hydrogen-bond acceptors (Lipinski definition) is 1. The van der Waals surface area contributed by atoms with Gasteiger partial charge in [0.15, 0.2) is 4.98 Å². The lowest BCUT2D eigenvalue weighted by atomic mass is 10.3. The second-order valence-corrected chi connectivity index (χ2v) is 2.07. The molecular weight excluding hydrogens is 206 g/mol. The van der Waals surface area contributed by atoms with E-state index in [-0.39, 0.29) is 5.82 Å². The van der Waals surface area contributed by atoms with Gasteiger partial charge in [0.1, 0.15) is 5.82 Å². The Morgan fingerprint density at radius 3 is 1.64 bits per heavy atom. The lowest BCUT2D eigenvalue weighted by molar-refractivity contribution is 0.368. The topological polar surface area (TPSA) is 28.1 Å². The van der Waals surface area contributed by atoms with E-state index in [0.717, 1.165) is 0 Å². The van der Waals surface area contributed by atoms with Gasteiger partial charge in [-0.25, -0.2) is 4.39 Å². The zero-order chi connectivity index (χ0) is 11.2. The smallest absolute Gasteiger partial charge is 0.418 e. The summed E-state index contributed by atoms with van der Waals surface area (Å²) in [5.74, 6) is -0.331. The van der Waals surface area contributed by atoms with Crippen molar-refractivity contribution in [3.05, 3.63) is 35.1 Å². The third-order valence-corrected chi connectivity index (χ3v) is 0.942. The summed E-state index contributed by atoms with van der Waals surface area (Å²) in [6, 6.07) is 5.23. The summed E-state index contributed by atoms with van der Waals surface area (Å²) in [6.07, 6.45) is 0. The van der Waals surface area contributed by atoms with Crippen molar-refractivity contribution < 1.29 is 21.7 Å². The largest absolute Gasteiger partial charge is 0.673 e. The number of diazo groups is 1. The Labute approximate surface area is 76.1 Å². The molecule has 0 atom stereocenters. The maximum absolute atomic E-state index is 12.1. The summed E-state index contributed by atoms with van der Waals surface area (Å²) in [5, 5.41) is 8.13. The quantitative estimate of drug-likeness (QED) is 0.365. The fourth-order valence-corrected chi connectivity index (χ4v) is 0.508. The number of hydrogen-bond donors (Lipinski definition) is 0. The second kappa shape index (κ2) is 5.16. The maximum Gasteiger partial charge on any atom is 0.673 e. The average Bonchev–Trinajstić information content (AvgIpc) is 2.03. The molecule has 0 aromatic heterocycles. The van der Waals surface area contributed by atoms with E-state index in [1.165, 1.54) is 24.3 Å². The molecule has 0 heterocycles. The summed E-state index contributed by atoms with van der Waals surface area (Å²) in [5.41, 5.74) is 0.358. The average molecular weight is 210 g/mol. The van der Waals surface area contributed by atoms with Crippen molar-refractivity contribution in [2.45, 2.75) is 0 Å². The van der Waals surface area contributed by atoms with Crippen molar-refractivity contribution in [2.24, 2.45) is 0 Å². The lowest BCUT2D eigenvalue weighted by Crippen LogP contribution is -2.02. The Hall–Kier alpha value is -1.65. The minimum Gasteiger partial charge on any atom is -0.418 e. The summed E-state index contributed by atoms with van der Waals surface area (Å²) in [6.45, 7) is 0. The molecule has 0 bridgehead atoms. The Kier molecular flexibility index (Phi) is 4.56. The molecule has 0 saturated carbocycles. The molecule has 0 aliphatic heterocycles. The molecule has 8 heteroatoms. The van der Waals surface area contributed by atoms with Crippen molar-refractivity contribution in [3.8, 4) is 0 Å². The summed E-state index contributed by atoms with van der Waals surface area (Å²) in [4.78, 5) is 2.84. The van der Waals surface area contributed by atoms with Gasteiger partial charge in [0, 0.05) is 12.1 Å². The van der Waals surface area contributed by atoms with E-state index in [0.29, 0.717) is 5.69 Å². The Balaban J connectivity index is 0.000000292. The first-order valence-corrected chi connectivity index (χ1v) is 3.31. The molecule has 0 N–H and O–H groups in total. The molecule has 0 spiro atoms. The van der Waals surface area contributed by atoms with Crippen molar-refractivity contribution in [3.63, 3.8) is 0 Å². The monoisotopic (exact) mass is 210 g/mol. The number of halogens is 5. The zero-order valence-electron chi connectivity index (χ0n) is 6.67. The summed E-state index contributed by atoms with van der Waals surface area (Å²) in [7, 11) is -6.00. The van der Waals surface area contributed by atoms with Crippen LogP contribution in [0.25, 0.3) is 4.98 Å². The normalized spacial score (nSPS) is 9.71. The molecule has 76 valence electrons. The molecule has 0 aliphatic rings. The Morgan fingerprint density at radius 1 is 1.00 bits per heavy atom. The van der Waals surface area contributed by atoms with E-state index in [1.807, 2.05) is 0 Å². The third kappa shape index (κ3) is 8.45. The minimum atomic E-state index is -6.00. The molecule has 0 unspecified atom stereocenters. The number of benzene rings is 1. The van der Waals surface area contributed by atoms with Gasteiger partial charge < -0.3 is 17.3 Å². The zero-order valence-corrected chi connectivity index (χ0v) is 6.67. The van der Waals surface area contributed by atoms with Gasteiger partial charge in [-0.2, -0.15) is 0 Å². The summed E-state index contributed by atoms with van der Waals surface area (Å²) >= 11 is 0. The highest BCUT2D eigenvalue weighted by Crippen LogP contribution is 2.10. The van der Waals surface area contributed by atoms with E-state index in [4.69, 9.17) is 5.39 Å². The highest BCUT2D eigenvalue weighted by atomic mass is 19.5. The van der Waals surface area contributed by atoms with Crippen LogP contribution in [0.5, 0.6) is 0 Å². The van der Waals surface area contributed by atoms with Gasteiger partial charge in [-0.1, -0.05) is 0 Å². The highest BCUT2D eigenvalue weighted by molar-refractivity contribution is 6.50. The lowest BCUT2D eigenvalue weighted by Gasteiger charge is -1.94. The van der Waals surface area contributed by atoms with Crippen LogP contribution in [0.15, 0.2) is 24.3 Å². The maximum atomic E-state index is 12.1. The first kappa shape index (κ1) is 12.4. The molecule has 0 saturated heterocycles. The third-order valence-electron chi connectivity index (χ3n) is 0.942. The molecular formula is C6H4BF5N2. The molecule has 14 heavy (non-hydrogen) atoms. The first-order valence-electron chi connectivity index (χ1n) is 3.31. The van der Waals surface area contributed by atoms with Crippen molar-refractivity contribution in [1.29, 1.82) is 5.39 Å². The fourth-order valence-electron chi connectivity index (χ4n) is 0.508. The van der Waals surface area contributed by atoms with Gasteiger partial charge >= 0.3 is 12.9 Å². The highest BCUT2D eigenvalue weighted by Gasteiger charge is 2.20. The van der Waals surface area contributed by atoms with Crippen molar-refractivity contribution in [2.75, 3.05) is 0 Å². The van der Waals surface area contributed by atoms with Crippen molar-refractivity contribution in [1.82, 2.24) is 0 Å². The van der Waals surface area contributed by atoms with Crippen LogP contribution in [0.1, 0.15) is 0 Å². The second-order valence-electron chi connectivity index (χ2n) is 2.07. The Morgan fingerprint density at radius 2 is 1.36 bits per heavy atom. The van der Waals surface area contributed by atoms with Crippen LogP contribution in [0.2, 0.25) is 0 Å². The number of nitrogens with zero attached hydrogens (tertiary/aromatic N) is 2. The van der Waals surface area contributed by atoms with Gasteiger partial charge in [-0.15, -0.1) is 0 Å². The van der Waals surface area contributed by atoms with E-state index in [2.05, 4.69) is 4.98 Å². The van der Waals surface area contributed by atoms with E-state index in [1.54, 1.807) is 0 Å². The van der Waals surface area contributed by atoms with E-state index in [9.17, 15) is 21.7 Å². The van der Waals surface area contributed by atoms with Gasteiger partial charge in [0.2, 0.25) is 5.39 Å². The van der Waals surface area contributed by atoms with Crippen LogP contribution in [0, 0.1) is 11.2 Å². The Bertz CT molecular complexity index is 308.